The zero-order valence-corrected chi connectivity index (χ0v) is 14.6. The zero-order chi connectivity index (χ0) is 18.4. The number of rotatable bonds is 6. The van der Waals surface area contributed by atoms with Crippen molar-refractivity contribution in [2.24, 2.45) is 0 Å². The predicted octanol–water partition coefficient (Wildman–Crippen LogP) is 3.04. The lowest BCUT2D eigenvalue weighted by atomic mass is 10.0. The van der Waals surface area contributed by atoms with Gasteiger partial charge in [-0.3, -0.25) is 9.59 Å². The van der Waals surface area contributed by atoms with E-state index in [0.29, 0.717) is 5.76 Å². The molecule has 2 aromatic rings. The van der Waals surface area contributed by atoms with Crippen LogP contribution in [0.3, 0.4) is 0 Å². The molecule has 1 heterocycles. The van der Waals surface area contributed by atoms with Gasteiger partial charge in [0.1, 0.15) is 11.8 Å². The fourth-order valence-electron chi connectivity index (χ4n) is 3.39. The highest BCUT2D eigenvalue weighted by Crippen LogP contribution is 2.26. The summed E-state index contributed by atoms with van der Waals surface area (Å²) in [6, 6.07) is 12.1. The van der Waals surface area contributed by atoms with E-state index in [2.05, 4.69) is 11.2 Å². The van der Waals surface area contributed by atoms with E-state index in [1.54, 1.807) is 12.1 Å². The van der Waals surface area contributed by atoms with Crippen LogP contribution >= 0.6 is 0 Å². The van der Waals surface area contributed by atoms with Gasteiger partial charge in [0.05, 0.1) is 12.8 Å². The highest BCUT2D eigenvalue weighted by Gasteiger charge is 2.33. The van der Waals surface area contributed by atoms with Gasteiger partial charge in [0.2, 0.25) is 5.91 Å². The Morgan fingerprint density at radius 3 is 2.54 bits per heavy atom. The number of terminal acetylenes is 1. The molecule has 1 atom stereocenters. The summed E-state index contributed by atoms with van der Waals surface area (Å²) in [5.74, 6) is 1.96. The summed E-state index contributed by atoms with van der Waals surface area (Å²) in [6.07, 6.45) is 11.1. The van der Waals surface area contributed by atoms with Crippen molar-refractivity contribution < 1.29 is 14.0 Å². The van der Waals surface area contributed by atoms with Crippen molar-refractivity contribution in [2.45, 2.75) is 44.3 Å². The molecule has 1 aromatic carbocycles. The largest absolute Gasteiger partial charge is 0.467 e. The van der Waals surface area contributed by atoms with Crippen LogP contribution in [0.25, 0.3) is 0 Å². The van der Waals surface area contributed by atoms with Gasteiger partial charge in [0.25, 0.3) is 5.91 Å². The van der Waals surface area contributed by atoms with E-state index >= 15 is 0 Å². The molecule has 2 amide bonds. The zero-order valence-electron chi connectivity index (χ0n) is 14.6. The topological polar surface area (TPSA) is 62.6 Å². The fourth-order valence-corrected chi connectivity index (χ4v) is 3.39. The maximum Gasteiger partial charge on any atom is 0.299 e. The lowest BCUT2D eigenvalue weighted by Crippen LogP contribution is -2.45. The summed E-state index contributed by atoms with van der Waals surface area (Å²) in [5, 5.41) is 3.08. The van der Waals surface area contributed by atoms with Gasteiger partial charge in [0, 0.05) is 6.04 Å². The Morgan fingerprint density at radius 2 is 1.92 bits per heavy atom. The summed E-state index contributed by atoms with van der Waals surface area (Å²) in [5.41, 5.74) is 0.721. The number of hydrogen-bond donors (Lipinski definition) is 1. The Labute approximate surface area is 153 Å². The van der Waals surface area contributed by atoms with Crippen LogP contribution in [0.5, 0.6) is 0 Å². The third-order valence-corrected chi connectivity index (χ3v) is 4.67. The molecule has 134 valence electrons. The van der Waals surface area contributed by atoms with Crippen molar-refractivity contribution in [2.75, 3.05) is 0 Å². The molecule has 26 heavy (non-hydrogen) atoms. The maximum atomic E-state index is 13.1. The second-order valence-electron chi connectivity index (χ2n) is 6.46. The first kappa shape index (κ1) is 17.8. The SMILES string of the molecule is C#CC(=O)N(Cc1ccco1)[C@@H](C(=O)NC1CCCC1)c1ccccc1. The van der Waals surface area contributed by atoms with Gasteiger partial charge in [-0.15, -0.1) is 6.42 Å². The number of nitrogens with zero attached hydrogens (tertiary/aromatic N) is 1. The van der Waals surface area contributed by atoms with Gasteiger partial charge in [0.15, 0.2) is 0 Å². The van der Waals surface area contributed by atoms with Crippen LogP contribution in [0.15, 0.2) is 53.1 Å². The van der Waals surface area contributed by atoms with E-state index < -0.39 is 11.9 Å². The van der Waals surface area contributed by atoms with Crippen molar-refractivity contribution in [1.29, 1.82) is 0 Å². The van der Waals surface area contributed by atoms with Crippen LogP contribution in [0.1, 0.15) is 43.0 Å². The molecule has 0 spiro atoms. The van der Waals surface area contributed by atoms with Crippen molar-refractivity contribution in [1.82, 2.24) is 10.2 Å². The molecule has 0 bridgehead atoms. The summed E-state index contributed by atoms with van der Waals surface area (Å²) in [4.78, 5) is 26.9. The van der Waals surface area contributed by atoms with Gasteiger partial charge in [-0.05, 0) is 36.5 Å². The standard InChI is InChI=1S/C21H22N2O3/c1-2-19(24)23(15-18-13-8-14-26-18)20(16-9-4-3-5-10-16)21(25)22-17-11-6-7-12-17/h1,3-5,8-10,13-14,17,20H,6-7,11-12,15H2,(H,22,25)/t20-/m1/s1. The van der Waals surface area contributed by atoms with Gasteiger partial charge in [-0.2, -0.15) is 0 Å². The third-order valence-electron chi connectivity index (χ3n) is 4.67. The van der Waals surface area contributed by atoms with E-state index in [1.807, 2.05) is 30.3 Å². The molecule has 1 aliphatic carbocycles. The quantitative estimate of drug-likeness (QED) is 0.815. The number of carbonyl (C=O) groups excluding carboxylic acids is 2. The molecule has 5 heteroatoms. The molecule has 0 aliphatic heterocycles. The van der Waals surface area contributed by atoms with E-state index in [9.17, 15) is 9.59 Å². The summed E-state index contributed by atoms with van der Waals surface area (Å²) in [7, 11) is 0. The molecule has 0 saturated heterocycles. The Morgan fingerprint density at radius 1 is 1.19 bits per heavy atom. The highest BCUT2D eigenvalue weighted by molar-refractivity contribution is 5.97. The number of hydrogen-bond acceptors (Lipinski definition) is 3. The van der Waals surface area contributed by atoms with E-state index in [4.69, 9.17) is 10.8 Å². The van der Waals surface area contributed by atoms with E-state index in [0.717, 1.165) is 31.2 Å². The fraction of sp³-hybridized carbons (Fsp3) is 0.333. The molecule has 0 unspecified atom stereocenters. The average Bonchev–Trinajstić information content (AvgIpc) is 3.35. The number of furan rings is 1. The van der Waals surface area contributed by atoms with Crippen molar-refractivity contribution in [3.63, 3.8) is 0 Å². The molecule has 1 fully saturated rings. The van der Waals surface area contributed by atoms with E-state index in [1.165, 1.54) is 11.2 Å². The number of carbonyl (C=O) groups is 2. The minimum atomic E-state index is -0.801. The molecule has 1 aromatic heterocycles. The summed E-state index contributed by atoms with van der Waals surface area (Å²) in [6.45, 7) is 0.133. The Bertz CT molecular complexity index is 771. The van der Waals surface area contributed by atoms with Crippen molar-refractivity contribution in [3.05, 3.63) is 60.1 Å². The number of nitrogens with one attached hydrogen (secondary N) is 1. The van der Waals surface area contributed by atoms with Crippen LogP contribution in [0.4, 0.5) is 0 Å². The molecule has 3 rings (SSSR count). The van der Waals surface area contributed by atoms with Gasteiger partial charge < -0.3 is 14.6 Å². The monoisotopic (exact) mass is 350 g/mol. The minimum absolute atomic E-state index is 0.133. The van der Waals surface area contributed by atoms with E-state index in [-0.39, 0.29) is 18.5 Å². The normalized spacial score (nSPS) is 15.2. The van der Waals surface area contributed by atoms with Crippen LogP contribution < -0.4 is 5.32 Å². The number of benzene rings is 1. The maximum absolute atomic E-state index is 13.1. The van der Waals surface area contributed by atoms with Crippen molar-refractivity contribution in [3.8, 4) is 12.3 Å². The summed E-state index contributed by atoms with van der Waals surface area (Å²) >= 11 is 0. The van der Waals surface area contributed by atoms with Crippen LogP contribution in [0, 0.1) is 12.3 Å². The Hall–Kier alpha value is -3.00. The molecular formula is C21H22N2O3. The lowest BCUT2D eigenvalue weighted by Gasteiger charge is -2.30. The highest BCUT2D eigenvalue weighted by atomic mass is 16.3. The van der Waals surface area contributed by atoms with Crippen LogP contribution in [-0.4, -0.2) is 22.8 Å². The van der Waals surface area contributed by atoms with Crippen LogP contribution in [-0.2, 0) is 16.1 Å². The average molecular weight is 350 g/mol. The molecular weight excluding hydrogens is 328 g/mol. The predicted molar refractivity (Wildman–Crippen MR) is 97.7 cm³/mol. The van der Waals surface area contributed by atoms with Crippen molar-refractivity contribution >= 4 is 11.8 Å². The first-order chi connectivity index (χ1) is 12.7. The minimum Gasteiger partial charge on any atom is -0.467 e. The molecule has 1 saturated carbocycles. The molecule has 1 N–H and O–H groups in total. The van der Waals surface area contributed by atoms with Crippen LogP contribution in [0.2, 0.25) is 0 Å². The second-order valence-corrected chi connectivity index (χ2v) is 6.46. The molecule has 1 aliphatic rings. The van der Waals surface area contributed by atoms with Gasteiger partial charge >= 0.3 is 0 Å². The number of amides is 2. The van der Waals surface area contributed by atoms with Gasteiger partial charge in [-0.1, -0.05) is 43.2 Å². The lowest BCUT2D eigenvalue weighted by molar-refractivity contribution is -0.138. The summed E-state index contributed by atoms with van der Waals surface area (Å²) < 4.78 is 5.36. The molecule has 0 radical (unpaired) electrons. The second kappa shape index (κ2) is 8.39. The Balaban J connectivity index is 1.91. The van der Waals surface area contributed by atoms with Gasteiger partial charge in [-0.25, -0.2) is 0 Å². The molecule has 5 nitrogen and oxygen atoms in total. The smallest absolute Gasteiger partial charge is 0.299 e. The first-order valence-corrected chi connectivity index (χ1v) is 8.84. The first-order valence-electron chi connectivity index (χ1n) is 8.84. The Kier molecular flexibility index (Phi) is 5.75. The third kappa shape index (κ3) is 4.15.